The lowest BCUT2D eigenvalue weighted by atomic mass is 9.86. The van der Waals surface area contributed by atoms with Crippen molar-refractivity contribution in [3.05, 3.63) is 147 Å². The quantitative estimate of drug-likeness (QED) is 0.0529. The van der Waals surface area contributed by atoms with Gasteiger partial charge in [-0.05, 0) is 134 Å². The Morgan fingerprint density at radius 2 is 1.34 bits per heavy atom. The van der Waals surface area contributed by atoms with Crippen molar-refractivity contribution in [2.45, 2.75) is 163 Å². The van der Waals surface area contributed by atoms with Crippen LogP contribution in [-0.4, -0.2) is 215 Å². The number of para-hydroxylation sites is 2. The third-order valence-electron chi connectivity index (χ3n) is 20.3. The molecule has 7 aliphatic rings. The van der Waals surface area contributed by atoms with E-state index >= 15 is 19.2 Å². The van der Waals surface area contributed by atoms with E-state index in [1.807, 2.05) is 13.8 Å². The van der Waals surface area contributed by atoms with E-state index in [4.69, 9.17) is 63.1 Å². The van der Waals surface area contributed by atoms with E-state index in [1.165, 1.54) is 39.1 Å². The molecule has 7 aliphatic heterocycles. The van der Waals surface area contributed by atoms with E-state index < -0.39 is 243 Å². The van der Waals surface area contributed by atoms with Crippen LogP contribution in [0.5, 0.6) is 46.0 Å². The van der Waals surface area contributed by atoms with Gasteiger partial charge in [-0.15, -0.1) is 0 Å². The Hall–Kier alpha value is -11.0. The standard InChI is InChI=1S/C77H87Cl2N13O24/c1-30(2)19-43(82-5)68(103)91-58-60(98)33-12-15-47(39(78)21-33)112-49-23-35-24-50(64(49)116-76-65(63(101)62(100)51(29-93)114-76)115-53-28-77(4,81)66(102)31(3)111-53)113-48-16-13-34(22-40(48)79)61(99)59-74(109)90-57(70(105)83-17-8-18-84-75(110)67-85-41-9-6-7-10-42(41)86-67)38-25-36(94)26-46(96)54(38)37-20-32(11-14-45(37)95)55(71(106)92-59)89-72(107)56(35)88-69(104)44(27-52(80)97)87-73(58)108/h6-7,9-16,20-26,30-31,43-44,51,53,55-63,65-66,76,82,93-96,98-102H,8,17-19,27-29,81H2,1-5H3,(H2,80,97)(H,83,105)(H,84,110)(H,85,86)(H,87,108)(H,88,104)(H,89,107)(H,90,109)(H,91,103)(H,92,106)/t31-,43+,44-,51+,53?,55+,56?,57?,58+,59-,60+,61+,62+,63-,65+,66+,76-,77-/m0/s1. The van der Waals surface area contributed by atoms with Gasteiger partial charge in [-0.3, -0.25) is 43.2 Å². The van der Waals surface area contributed by atoms with Gasteiger partial charge in [0.2, 0.25) is 59.3 Å². The summed E-state index contributed by atoms with van der Waals surface area (Å²) in [5.41, 5.74) is 9.49. The number of aromatic hydroxyl groups is 3. The smallest absolute Gasteiger partial charge is 0.287 e. The fourth-order valence-corrected chi connectivity index (χ4v) is 14.7. The second-order valence-corrected chi connectivity index (χ2v) is 30.2. The number of hydrogen-bond donors (Lipinski definition) is 21. The van der Waals surface area contributed by atoms with Gasteiger partial charge in [0, 0.05) is 42.2 Å². The third kappa shape index (κ3) is 18.3. The zero-order chi connectivity index (χ0) is 83.6. The number of imidazole rings is 1. The zero-order valence-electron chi connectivity index (χ0n) is 62.7. The second kappa shape index (κ2) is 35.2. The SMILES string of the molecule is CN[C@H](CC(C)C)C(=O)N[C@H]1C(=O)N[C@@H](CC(N)=O)C(=O)NC2C(=O)N[C@H]3C(=O)N[C@H](C(=O)NC(C(=O)NCCCNC(=O)c4nc5ccccc5[nH]4)c4cc(O)cc(O)c4-c4cc3ccc4O)[C@H](O)c3ccc(c(Cl)c3)Oc3cc2cc(c3O[C@@H]2O[C@H](CO)[C@@H](O)[C@H](O)[C@H]2OC2C[C@](C)(N)[C@H](O)[C@H](C)O2)Oc2ccc(cc2Cl)[C@H]1O. The van der Waals surface area contributed by atoms with Crippen LogP contribution >= 0.6 is 23.2 Å². The van der Waals surface area contributed by atoms with Crippen LogP contribution in [0, 0.1) is 5.92 Å². The number of nitrogens with two attached hydrogens (primary N) is 2. The number of primary amides is 1. The Morgan fingerprint density at radius 3 is 1.98 bits per heavy atom. The number of likely N-dealkylation sites (N-methyl/N-ethyl adjacent to an activating group) is 1. The molecule has 39 heteroatoms. The number of benzene rings is 6. The number of phenolic OH excluding ortho intramolecular Hbond substituents is 3. The highest BCUT2D eigenvalue weighted by Gasteiger charge is 2.52. The first-order valence-corrected chi connectivity index (χ1v) is 37.6. The lowest BCUT2D eigenvalue weighted by Gasteiger charge is -2.47. The van der Waals surface area contributed by atoms with Gasteiger partial charge in [-0.25, -0.2) is 4.98 Å². The first-order chi connectivity index (χ1) is 55.1. The van der Waals surface area contributed by atoms with Gasteiger partial charge < -0.3 is 139 Å². The number of aromatic amines is 1. The molecule has 116 heavy (non-hydrogen) atoms. The third-order valence-corrected chi connectivity index (χ3v) is 20.9. The van der Waals surface area contributed by atoms with Gasteiger partial charge in [0.25, 0.3) is 5.91 Å². The molecule has 0 radical (unpaired) electrons. The maximum Gasteiger partial charge on any atom is 0.287 e. The first kappa shape index (κ1) is 84.4. The molecule has 618 valence electrons. The molecule has 0 aliphatic carbocycles. The number of aliphatic hydroxyl groups is 6. The molecule has 2 fully saturated rings. The van der Waals surface area contributed by atoms with Gasteiger partial charge in [-0.1, -0.05) is 67.4 Å². The Kier molecular flexibility index (Phi) is 25.6. The lowest BCUT2D eigenvalue weighted by Crippen LogP contribution is -2.64. The summed E-state index contributed by atoms with van der Waals surface area (Å²) in [6, 6.07) is 6.81. The molecule has 6 aromatic carbocycles. The highest BCUT2D eigenvalue weighted by Crippen LogP contribution is 2.50. The topological polar surface area (TPSA) is 580 Å². The molecule has 11 bridgehead atoms. The predicted octanol–water partition coefficient (Wildman–Crippen LogP) is 0.834. The molecular weight excluding hydrogens is 1560 g/mol. The Labute approximate surface area is 670 Å². The Morgan fingerprint density at radius 1 is 0.707 bits per heavy atom. The average molecular weight is 1650 g/mol. The van der Waals surface area contributed by atoms with Crippen molar-refractivity contribution >= 4 is 87.4 Å². The highest BCUT2D eigenvalue weighted by atomic mass is 35.5. The number of amides is 9. The number of phenols is 3. The molecule has 7 aromatic rings. The first-order valence-electron chi connectivity index (χ1n) is 36.8. The molecular formula is C77H87Cl2N13O24. The average Bonchev–Trinajstić information content (AvgIpc) is 0.856. The molecule has 3 unspecified atom stereocenters. The highest BCUT2D eigenvalue weighted by molar-refractivity contribution is 6.32. The number of aromatic nitrogens is 2. The molecule has 14 rings (SSSR count). The van der Waals surface area contributed by atoms with Crippen LogP contribution in [0.3, 0.4) is 0 Å². The van der Waals surface area contributed by atoms with Gasteiger partial charge in [0.15, 0.2) is 29.7 Å². The summed E-state index contributed by atoms with van der Waals surface area (Å²) in [5.74, 6) is -15.6. The number of fused-ring (bicyclic) bond motifs is 16. The van der Waals surface area contributed by atoms with Crippen molar-refractivity contribution in [1.29, 1.82) is 0 Å². The lowest BCUT2D eigenvalue weighted by molar-refractivity contribution is -0.333. The maximum atomic E-state index is 16.3. The van der Waals surface area contributed by atoms with E-state index in [1.54, 1.807) is 24.3 Å². The van der Waals surface area contributed by atoms with E-state index in [-0.39, 0.29) is 71.6 Å². The minimum atomic E-state index is -2.36. The van der Waals surface area contributed by atoms with Gasteiger partial charge in [0.1, 0.15) is 95.5 Å². The molecule has 9 amide bonds. The van der Waals surface area contributed by atoms with Crippen LogP contribution in [0.2, 0.25) is 10.0 Å². The van der Waals surface area contributed by atoms with Crippen LogP contribution in [-0.2, 0) is 52.6 Å². The van der Waals surface area contributed by atoms with E-state index in [2.05, 4.69) is 57.8 Å². The summed E-state index contributed by atoms with van der Waals surface area (Å²) >= 11 is 14.3. The molecule has 1 aromatic heterocycles. The largest absolute Gasteiger partial charge is 0.508 e. The monoisotopic (exact) mass is 1650 g/mol. The van der Waals surface area contributed by atoms with Crippen molar-refractivity contribution in [1.82, 2.24) is 57.8 Å². The molecule has 37 nitrogen and oxygen atoms in total. The Bertz CT molecular complexity index is 4930. The second-order valence-electron chi connectivity index (χ2n) is 29.4. The van der Waals surface area contributed by atoms with Gasteiger partial charge in [-0.2, -0.15) is 0 Å². The number of carbonyl (C=O) groups is 9. The summed E-state index contributed by atoms with van der Waals surface area (Å²) in [4.78, 5) is 141. The number of aliphatic hydroxyl groups excluding tert-OH is 6. The fraction of sp³-hybridized carbons (Fsp3) is 0.403. The summed E-state index contributed by atoms with van der Waals surface area (Å²) in [7, 11) is 1.47. The normalized spacial score (nSPS) is 27.1. The number of carbonyl (C=O) groups excluding carboxylic acids is 9. The molecule has 0 saturated carbocycles. The van der Waals surface area contributed by atoms with Crippen LogP contribution in [0.25, 0.3) is 22.2 Å². The minimum Gasteiger partial charge on any atom is -0.508 e. The van der Waals surface area contributed by atoms with E-state index in [0.29, 0.717) is 11.0 Å². The number of halogens is 2. The summed E-state index contributed by atoms with van der Waals surface area (Å²) in [5, 5.41) is 128. The van der Waals surface area contributed by atoms with E-state index in [0.717, 1.165) is 60.7 Å². The van der Waals surface area contributed by atoms with Crippen molar-refractivity contribution in [3.63, 3.8) is 0 Å². The summed E-state index contributed by atoms with van der Waals surface area (Å²) in [6.07, 6.45) is -18.7. The van der Waals surface area contributed by atoms with Crippen molar-refractivity contribution in [2.75, 3.05) is 26.7 Å². The van der Waals surface area contributed by atoms with E-state index in [9.17, 15) is 69.9 Å². The number of rotatable bonds is 18. The predicted molar refractivity (Wildman–Crippen MR) is 408 cm³/mol. The maximum absolute atomic E-state index is 16.3. The van der Waals surface area contributed by atoms with Gasteiger partial charge >= 0.3 is 0 Å². The number of ether oxygens (including phenoxy) is 6. The molecule has 23 N–H and O–H groups in total. The minimum absolute atomic E-state index is 0.00335. The molecule has 18 atom stereocenters. The van der Waals surface area contributed by atoms with Crippen LogP contribution < -0.4 is 73.5 Å². The van der Waals surface area contributed by atoms with Crippen LogP contribution in [0.15, 0.2) is 103 Å². The Balaban J connectivity index is 1.03. The summed E-state index contributed by atoms with van der Waals surface area (Å²) < 4.78 is 38.6. The van der Waals surface area contributed by atoms with Crippen LogP contribution in [0.1, 0.15) is 122 Å². The zero-order valence-corrected chi connectivity index (χ0v) is 64.2. The number of nitrogens with one attached hydrogen (secondary N) is 10. The van der Waals surface area contributed by atoms with Crippen molar-refractivity contribution < 1.29 is 118 Å². The fourth-order valence-electron chi connectivity index (χ4n) is 14.3. The molecule has 0 spiro atoms. The molecule has 8 heterocycles. The number of hydrogen-bond acceptors (Lipinski definition) is 27. The number of nitrogens with zero attached hydrogens (tertiary/aromatic N) is 1. The van der Waals surface area contributed by atoms with Gasteiger partial charge in [0.05, 0.1) is 52.4 Å². The van der Waals surface area contributed by atoms with Crippen molar-refractivity contribution in [3.8, 4) is 57.1 Å². The van der Waals surface area contributed by atoms with Crippen molar-refractivity contribution in [2.24, 2.45) is 17.4 Å². The summed E-state index contributed by atoms with van der Waals surface area (Å²) in [6.45, 7) is 5.39. The number of H-pyrrole nitrogens is 1. The molecule has 2 saturated heterocycles. The van der Waals surface area contributed by atoms with Crippen LogP contribution in [0.4, 0.5) is 0 Å².